The molecular weight excluding hydrogens is 230 g/mol. The van der Waals surface area contributed by atoms with Crippen molar-refractivity contribution < 1.29 is 17.8 Å². The summed E-state index contributed by atoms with van der Waals surface area (Å²) in [6, 6.07) is 0. The Balaban J connectivity index is 4.33. The largest absolute Gasteiger partial charge is 0.366 e. The van der Waals surface area contributed by atoms with E-state index in [1.807, 2.05) is 0 Å². The van der Waals surface area contributed by atoms with Crippen LogP contribution in [0.25, 0.3) is 0 Å². The third-order valence-corrected chi connectivity index (χ3v) is 2.77. The number of primary amides is 1. The first kappa shape index (κ1) is 13.4. The van der Waals surface area contributed by atoms with Gasteiger partial charge in [-0.25, -0.2) is 0 Å². The molecule has 0 radical (unpaired) electrons. The molecule has 0 aromatic carbocycles. The van der Waals surface area contributed by atoms with Gasteiger partial charge in [0.15, 0.2) is 0 Å². The molecule has 0 spiro atoms. The maximum absolute atomic E-state index is 10.7. The first-order valence-electron chi connectivity index (χ1n) is 3.80. The predicted octanol–water partition coefficient (Wildman–Crippen LogP) is 0.508. The van der Waals surface area contributed by atoms with Gasteiger partial charge in [0, 0.05) is 11.1 Å². The van der Waals surface area contributed by atoms with E-state index >= 15 is 0 Å². The standard InChI is InChI=1S/C7H12ClNO4S/c1-5(4-14(11,12)13)2-6(3-8)7(9)10/h3,5H,2,4H2,1H3,(H2,9,10)(H,11,12,13). The van der Waals surface area contributed by atoms with Crippen LogP contribution in [0.3, 0.4) is 0 Å². The SMILES string of the molecule is CC(CC(=CCl)C(N)=O)CS(=O)(=O)O. The van der Waals surface area contributed by atoms with E-state index in [0.29, 0.717) is 0 Å². The smallest absolute Gasteiger partial charge is 0.265 e. The highest BCUT2D eigenvalue weighted by atomic mass is 35.5. The van der Waals surface area contributed by atoms with E-state index in [-0.39, 0.29) is 12.0 Å². The van der Waals surface area contributed by atoms with Crippen molar-refractivity contribution in [3.05, 3.63) is 11.1 Å². The number of hydrogen-bond acceptors (Lipinski definition) is 3. The number of carbonyl (C=O) groups is 1. The van der Waals surface area contributed by atoms with E-state index in [2.05, 4.69) is 0 Å². The summed E-state index contributed by atoms with van der Waals surface area (Å²) in [6.45, 7) is 1.57. The van der Waals surface area contributed by atoms with Crippen molar-refractivity contribution in [3.63, 3.8) is 0 Å². The van der Waals surface area contributed by atoms with E-state index < -0.39 is 27.7 Å². The Morgan fingerprint density at radius 3 is 2.43 bits per heavy atom. The van der Waals surface area contributed by atoms with Gasteiger partial charge in [-0.3, -0.25) is 9.35 Å². The zero-order valence-electron chi connectivity index (χ0n) is 7.60. The molecule has 0 aromatic rings. The fraction of sp³-hybridized carbons (Fsp3) is 0.571. The van der Waals surface area contributed by atoms with Crippen LogP contribution in [0, 0.1) is 5.92 Å². The highest BCUT2D eigenvalue weighted by molar-refractivity contribution is 7.85. The molecule has 7 heteroatoms. The molecule has 82 valence electrons. The molecule has 0 aromatic heterocycles. The Bertz CT molecular complexity index is 336. The van der Waals surface area contributed by atoms with Crippen LogP contribution in [-0.4, -0.2) is 24.6 Å². The Morgan fingerprint density at radius 2 is 2.14 bits per heavy atom. The molecule has 0 fully saturated rings. The van der Waals surface area contributed by atoms with Crippen LogP contribution in [0.1, 0.15) is 13.3 Å². The van der Waals surface area contributed by atoms with Gasteiger partial charge in [0.05, 0.1) is 5.75 Å². The molecule has 0 aliphatic rings. The normalized spacial score (nSPS) is 15.2. The number of hydrogen-bond donors (Lipinski definition) is 2. The van der Waals surface area contributed by atoms with Crippen LogP contribution in [0.2, 0.25) is 0 Å². The van der Waals surface area contributed by atoms with Crippen molar-refractivity contribution in [2.24, 2.45) is 11.7 Å². The molecule has 5 nitrogen and oxygen atoms in total. The van der Waals surface area contributed by atoms with Crippen LogP contribution in [0.4, 0.5) is 0 Å². The number of rotatable bonds is 5. The first-order chi connectivity index (χ1) is 6.26. The molecule has 0 rings (SSSR count). The van der Waals surface area contributed by atoms with Gasteiger partial charge in [-0.1, -0.05) is 18.5 Å². The summed E-state index contributed by atoms with van der Waals surface area (Å²) in [6.07, 6.45) is 0.124. The van der Waals surface area contributed by atoms with Gasteiger partial charge in [-0.2, -0.15) is 8.42 Å². The van der Waals surface area contributed by atoms with E-state index in [1.54, 1.807) is 6.92 Å². The Hall–Kier alpha value is -0.590. The lowest BCUT2D eigenvalue weighted by atomic mass is 10.0. The van der Waals surface area contributed by atoms with Gasteiger partial charge in [0.2, 0.25) is 5.91 Å². The molecule has 0 bridgehead atoms. The number of nitrogens with two attached hydrogens (primary N) is 1. The fourth-order valence-corrected chi connectivity index (χ4v) is 2.03. The fourth-order valence-electron chi connectivity index (χ4n) is 0.993. The monoisotopic (exact) mass is 241 g/mol. The van der Waals surface area contributed by atoms with Gasteiger partial charge < -0.3 is 5.73 Å². The first-order valence-corrected chi connectivity index (χ1v) is 5.85. The van der Waals surface area contributed by atoms with Crippen molar-refractivity contribution in [2.45, 2.75) is 13.3 Å². The van der Waals surface area contributed by atoms with Crippen molar-refractivity contribution in [3.8, 4) is 0 Å². The summed E-state index contributed by atoms with van der Waals surface area (Å²) >= 11 is 5.30. The minimum Gasteiger partial charge on any atom is -0.366 e. The maximum atomic E-state index is 10.7. The van der Waals surface area contributed by atoms with Crippen LogP contribution in [0.5, 0.6) is 0 Å². The molecule has 1 unspecified atom stereocenters. The minimum atomic E-state index is -4.03. The summed E-state index contributed by atoms with van der Waals surface area (Å²) in [5, 5.41) is 0. The Kier molecular flexibility index (Phi) is 5.11. The van der Waals surface area contributed by atoms with Crippen molar-refractivity contribution >= 4 is 27.6 Å². The molecule has 0 heterocycles. The van der Waals surface area contributed by atoms with Crippen LogP contribution in [-0.2, 0) is 14.9 Å². The minimum absolute atomic E-state index is 0.124. The number of amides is 1. The molecule has 14 heavy (non-hydrogen) atoms. The second-order valence-electron chi connectivity index (χ2n) is 3.06. The zero-order valence-corrected chi connectivity index (χ0v) is 9.18. The van der Waals surface area contributed by atoms with E-state index in [0.717, 1.165) is 5.54 Å². The van der Waals surface area contributed by atoms with Crippen molar-refractivity contribution in [2.75, 3.05) is 5.75 Å². The summed E-state index contributed by atoms with van der Waals surface area (Å²) in [7, 11) is -4.03. The molecule has 3 N–H and O–H groups in total. The third-order valence-electron chi connectivity index (χ3n) is 1.51. The van der Waals surface area contributed by atoms with Crippen molar-refractivity contribution in [1.29, 1.82) is 0 Å². The van der Waals surface area contributed by atoms with Gasteiger partial charge in [0.1, 0.15) is 0 Å². The average Bonchev–Trinajstić information content (AvgIpc) is 1.96. The zero-order chi connectivity index (χ0) is 11.4. The van der Waals surface area contributed by atoms with E-state index in [9.17, 15) is 13.2 Å². The molecule has 0 aliphatic heterocycles. The summed E-state index contributed by atoms with van der Waals surface area (Å²) < 4.78 is 29.5. The molecule has 1 amide bonds. The summed E-state index contributed by atoms with van der Waals surface area (Å²) in [4.78, 5) is 10.7. The second-order valence-corrected chi connectivity index (χ2v) is 4.77. The average molecular weight is 242 g/mol. The summed E-state index contributed by atoms with van der Waals surface area (Å²) in [5.41, 5.74) is 6.11. The highest BCUT2D eigenvalue weighted by Gasteiger charge is 2.16. The summed E-state index contributed by atoms with van der Waals surface area (Å²) in [5.74, 6) is -1.53. The van der Waals surface area contributed by atoms with Gasteiger partial charge in [-0.05, 0) is 12.3 Å². The lowest BCUT2D eigenvalue weighted by Gasteiger charge is -2.09. The molecular formula is C7H12ClNO4S. The predicted molar refractivity (Wildman–Crippen MR) is 53.3 cm³/mol. The van der Waals surface area contributed by atoms with Crippen LogP contribution in [0.15, 0.2) is 11.1 Å². The molecule has 0 aliphatic carbocycles. The third kappa shape index (κ3) is 5.95. The van der Waals surface area contributed by atoms with E-state index in [1.165, 1.54) is 0 Å². The molecule has 0 saturated carbocycles. The van der Waals surface area contributed by atoms with Crippen molar-refractivity contribution in [1.82, 2.24) is 0 Å². The lowest BCUT2D eigenvalue weighted by Crippen LogP contribution is -2.19. The van der Waals surface area contributed by atoms with Gasteiger partial charge in [0.25, 0.3) is 10.1 Å². The van der Waals surface area contributed by atoms with Gasteiger partial charge in [-0.15, -0.1) is 0 Å². The van der Waals surface area contributed by atoms with Gasteiger partial charge >= 0.3 is 0 Å². The Morgan fingerprint density at radius 1 is 1.64 bits per heavy atom. The molecule has 1 atom stereocenters. The highest BCUT2D eigenvalue weighted by Crippen LogP contribution is 2.13. The lowest BCUT2D eigenvalue weighted by molar-refractivity contribution is -0.114. The van der Waals surface area contributed by atoms with Crippen LogP contribution >= 0.6 is 11.6 Å². The quantitative estimate of drug-likeness (QED) is 0.541. The Labute approximate surface area is 87.7 Å². The molecule has 0 saturated heterocycles. The number of carbonyl (C=O) groups excluding carboxylic acids is 1. The number of halogens is 1. The van der Waals surface area contributed by atoms with E-state index in [4.69, 9.17) is 21.9 Å². The second kappa shape index (κ2) is 5.33. The topological polar surface area (TPSA) is 97.5 Å². The van der Waals surface area contributed by atoms with Crippen LogP contribution < -0.4 is 5.73 Å². The maximum Gasteiger partial charge on any atom is 0.265 e.